The van der Waals surface area contributed by atoms with Crippen molar-refractivity contribution in [1.82, 2.24) is 5.32 Å². The number of hydrogen-bond donors (Lipinski definition) is 2. The van der Waals surface area contributed by atoms with E-state index in [1.165, 1.54) is 18.2 Å². The van der Waals surface area contributed by atoms with Gasteiger partial charge in [-0.2, -0.15) is 0 Å². The quantitative estimate of drug-likeness (QED) is 0.875. The molecule has 0 fully saturated rings. The fraction of sp³-hybridized carbons (Fsp3) is 0.231. The monoisotopic (exact) mass is 269 g/mol. The first-order valence-corrected chi connectivity index (χ1v) is 6.41. The summed E-state index contributed by atoms with van der Waals surface area (Å²) >= 11 is 1.55. The minimum atomic E-state index is -0.742. The van der Waals surface area contributed by atoms with Crippen LogP contribution in [0.5, 0.6) is 0 Å². The molecule has 1 aromatic carbocycles. The van der Waals surface area contributed by atoms with E-state index in [1.807, 2.05) is 17.5 Å². The maximum atomic E-state index is 13.6. The highest BCUT2D eigenvalue weighted by molar-refractivity contribution is 7.09. The standard InChI is InChI=1S/C13H13F2NOS/c14-10-4-1-5-11(15)13(10)12(8-17)16-7-9-3-2-6-18-9/h1-6,12,16-17H,7-8H2. The van der Waals surface area contributed by atoms with Gasteiger partial charge < -0.3 is 10.4 Å². The van der Waals surface area contributed by atoms with Gasteiger partial charge in [-0.05, 0) is 23.6 Å². The molecule has 0 saturated heterocycles. The van der Waals surface area contributed by atoms with E-state index < -0.39 is 17.7 Å². The predicted octanol–water partition coefficient (Wildman–Crippen LogP) is 2.85. The Morgan fingerprint density at radius 2 is 1.89 bits per heavy atom. The van der Waals surface area contributed by atoms with E-state index in [1.54, 1.807) is 11.3 Å². The largest absolute Gasteiger partial charge is 0.394 e. The van der Waals surface area contributed by atoms with Gasteiger partial charge in [0.15, 0.2) is 0 Å². The predicted molar refractivity (Wildman–Crippen MR) is 67.3 cm³/mol. The van der Waals surface area contributed by atoms with E-state index in [4.69, 9.17) is 0 Å². The second kappa shape index (κ2) is 6.04. The molecule has 0 amide bonds. The third-order valence-corrected chi connectivity index (χ3v) is 3.51. The number of halogens is 2. The maximum absolute atomic E-state index is 13.6. The van der Waals surface area contributed by atoms with Crippen LogP contribution in [0.4, 0.5) is 8.78 Å². The lowest BCUT2D eigenvalue weighted by atomic mass is 10.1. The first-order valence-electron chi connectivity index (χ1n) is 5.53. The van der Waals surface area contributed by atoms with Crippen LogP contribution < -0.4 is 5.32 Å². The minimum Gasteiger partial charge on any atom is -0.394 e. The molecule has 96 valence electrons. The van der Waals surface area contributed by atoms with Crippen LogP contribution in [0.3, 0.4) is 0 Å². The van der Waals surface area contributed by atoms with Gasteiger partial charge in [-0.1, -0.05) is 12.1 Å². The fourth-order valence-electron chi connectivity index (χ4n) is 1.74. The van der Waals surface area contributed by atoms with E-state index >= 15 is 0 Å². The number of aliphatic hydroxyl groups is 1. The summed E-state index contributed by atoms with van der Waals surface area (Å²) in [5.41, 5.74) is -0.114. The van der Waals surface area contributed by atoms with Crippen molar-refractivity contribution in [2.24, 2.45) is 0 Å². The van der Waals surface area contributed by atoms with Crippen LogP contribution in [0, 0.1) is 11.6 Å². The SMILES string of the molecule is OCC(NCc1cccs1)c1c(F)cccc1F. The normalized spacial score (nSPS) is 12.6. The molecule has 0 radical (unpaired) electrons. The van der Waals surface area contributed by atoms with Gasteiger partial charge in [-0.25, -0.2) is 8.78 Å². The average molecular weight is 269 g/mol. The Bertz CT molecular complexity index is 481. The average Bonchev–Trinajstić information content (AvgIpc) is 2.86. The molecule has 2 N–H and O–H groups in total. The highest BCUT2D eigenvalue weighted by Crippen LogP contribution is 2.21. The summed E-state index contributed by atoms with van der Waals surface area (Å²) in [7, 11) is 0. The Balaban J connectivity index is 2.13. The molecule has 5 heteroatoms. The number of hydrogen-bond acceptors (Lipinski definition) is 3. The van der Waals surface area contributed by atoms with Crippen LogP contribution in [0.2, 0.25) is 0 Å². The molecule has 0 spiro atoms. The summed E-state index contributed by atoms with van der Waals surface area (Å²) in [6, 6.07) is 6.76. The van der Waals surface area contributed by atoms with Crippen LogP contribution in [-0.2, 0) is 6.54 Å². The molecule has 1 aromatic heterocycles. The summed E-state index contributed by atoms with van der Waals surface area (Å²) < 4.78 is 27.1. The molecule has 2 rings (SSSR count). The Hall–Kier alpha value is -1.30. The molecule has 1 heterocycles. The molecule has 1 unspecified atom stereocenters. The van der Waals surface area contributed by atoms with Crippen LogP contribution in [0.1, 0.15) is 16.5 Å². The van der Waals surface area contributed by atoms with Crippen molar-refractivity contribution in [2.75, 3.05) is 6.61 Å². The zero-order chi connectivity index (χ0) is 13.0. The Morgan fingerprint density at radius 3 is 2.44 bits per heavy atom. The van der Waals surface area contributed by atoms with Crippen LogP contribution in [-0.4, -0.2) is 11.7 Å². The van der Waals surface area contributed by atoms with E-state index in [0.29, 0.717) is 6.54 Å². The summed E-state index contributed by atoms with van der Waals surface area (Å²) in [6.45, 7) is 0.111. The third kappa shape index (κ3) is 2.93. The zero-order valence-corrected chi connectivity index (χ0v) is 10.4. The smallest absolute Gasteiger partial charge is 0.131 e. The number of nitrogens with one attached hydrogen (secondary N) is 1. The van der Waals surface area contributed by atoms with Crippen molar-refractivity contribution in [1.29, 1.82) is 0 Å². The minimum absolute atomic E-state index is 0.114. The Kier molecular flexibility index (Phi) is 4.41. The van der Waals surface area contributed by atoms with E-state index in [-0.39, 0.29) is 12.2 Å². The fourth-order valence-corrected chi connectivity index (χ4v) is 2.39. The summed E-state index contributed by atoms with van der Waals surface area (Å²) in [4.78, 5) is 1.05. The van der Waals surface area contributed by atoms with Crippen LogP contribution in [0.25, 0.3) is 0 Å². The third-order valence-electron chi connectivity index (χ3n) is 2.63. The summed E-state index contributed by atoms with van der Waals surface area (Å²) in [6.07, 6.45) is 0. The maximum Gasteiger partial charge on any atom is 0.131 e. The van der Waals surface area contributed by atoms with Crippen molar-refractivity contribution in [3.05, 3.63) is 57.8 Å². The van der Waals surface area contributed by atoms with Gasteiger partial charge in [0.25, 0.3) is 0 Å². The van der Waals surface area contributed by atoms with Crippen LogP contribution >= 0.6 is 11.3 Å². The molecule has 0 aliphatic rings. The van der Waals surface area contributed by atoms with Crippen molar-refractivity contribution < 1.29 is 13.9 Å². The van der Waals surface area contributed by atoms with Gasteiger partial charge in [-0.3, -0.25) is 0 Å². The van der Waals surface area contributed by atoms with E-state index in [9.17, 15) is 13.9 Å². The lowest BCUT2D eigenvalue weighted by Gasteiger charge is -2.17. The van der Waals surface area contributed by atoms with Gasteiger partial charge >= 0.3 is 0 Å². The second-order valence-corrected chi connectivity index (χ2v) is 4.86. The van der Waals surface area contributed by atoms with E-state index in [2.05, 4.69) is 5.32 Å². The first kappa shape index (κ1) is 13.1. The lowest BCUT2D eigenvalue weighted by Crippen LogP contribution is -2.25. The topological polar surface area (TPSA) is 32.3 Å². The zero-order valence-electron chi connectivity index (χ0n) is 9.57. The highest BCUT2D eigenvalue weighted by atomic mass is 32.1. The van der Waals surface area contributed by atoms with Crippen molar-refractivity contribution in [2.45, 2.75) is 12.6 Å². The summed E-state index contributed by atoms with van der Waals surface area (Å²) in [5, 5.41) is 14.1. The van der Waals surface area contributed by atoms with Crippen LogP contribution in [0.15, 0.2) is 35.7 Å². The lowest BCUT2D eigenvalue weighted by molar-refractivity contribution is 0.237. The molecule has 2 nitrogen and oxygen atoms in total. The van der Waals surface area contributed by atoms with Gasteiger partial charge in [0, 0.05) is 17.0 Å². The molecule has 2 aromatic rings. The molecule has 0 aliphatic heterocycles. The molecule has 0 aliphatic carbocycles. The van der Waals surface area contributed by atoms with Crippen molar-refractivity contribution >= 4 is 11.3 Å². The Labute approximate surface area is 108 Å². The number of aliphatic hydroxyl groups excluding tert-OH is 1. The van der Waals surface area contributed by atoms with Crippen molar-refractivity contribution in [3.63, 3.8) is 0 Å². The van der Waals surface area contributed by atoms with Crippen molar-refractivity contribution in [3.8, 4) is 0 Å². The van der Waals surface area contributed by atoms with Gasteiger partial charge in [0.1, 0.15) is 11.6 Å². The number of rotatable bonds is 5. The molecular weight excluding hydrogens is 256 g/mol. The van der Waals surface area contributed by atoms with Gasteiger partial charge in [-0.15, -0.1) is 11.3 Å². The number of benzene rings is 1. The first-order chi connectivity index (χ1) is 8.72. The molecular formula is C13H13F2NOS. The number of thiophene rings is 1. The molecule has 1 atom stereocenters. The second-order valence-electron chi connectivity index (χ2n) is 3.83. The van der Waals surface area contributed by atoms with Gasteiger partial charge in [0.2, 0.25) is 0 Å². The summed E-state index contributed by atoms with van der Waals surface area (Å²) in [5.74, 6) is -1.29. The van der Waals surface area contributed by atoms with Gasteiger partial charge in [0.05, 0.1) is 12.6 Å². The highest BCUT2D eigenvalue weighted by Gasteiger charge is 2.18. The van der Waals surface area contributed by atoms with E-state index in [0.717, 1.165) is 4.88 Å². The molecule has 0 saturated carbocycles. The molecule has 18 heavy (non-hydrogen) atoms. The Morgan fingerprint density at radius 1 is 1.17 bits per heavy atom. The molecule has 0 bridgehead atoms.